The second-order valence-electron chi connectivity index (χ2n) is 4.59. The van der Waals surface area contributed by atoms with E-state index in [9.17, 15) is 0 Å². The molecule has 1 saturated carbocycles. The summed E-state index contributed by atoms with van der Waals surface area (Å²) in [6.07, 6.45) is 3.82. The van der Waals surface area contributed by atoms with Gasteiger partial charge in [-0.25, -0.2) is 0 Å². The van der Waals surface area contributed by atoms with Gasteiger partial charge in [0.2, 0.25) is 0 Å². The molecule has 2 N–H and O–H groups in total. The zero-order valence-corrected chi connectivity index (χ0v) is 10.4. The average Bonchev–Trinajstić information content (AvgIpc) is 2.98. The van der Waals surface area contributed by atoms with Crippen molar-refractivity contribution in [3.05, 3.63) is 29.0 Å². The summed E-state index contributed by atoms with van der Waals surface area (Å²) in [7, 11) is 1.64. The van der Waals surface area contributed by atoms with Gasteiger partial charge in [0.25, 0.3) is 0 Å². The molecule has 17 heavy (non-hydrogen) atoms. The molecule has 1 aromatic heterocycles. The topological polar surface area (TPSA) is 48.4 Å². The van der Waals surface area contributed by atoms with Crippen molar-refractivity contribution in [2.24, 2.45) is 5.73 Å². The molecule has 0 aliphatic heterocycles. The fourth-order valence-corrected chi connectivity index (χ4v) is 2.75. The van der Waals surface area contributed by atoms with Crippen molar-refractivity contribution in [1.29, 1.82) is 0 Å². The third-order valence-corrected chi connectivity index (χ3v) is 4.08. The Morgan fingerprint density at radius 3 is 2.88 bits per heavy atom. The molecular formula is C13H14ClNO2. The van der Waals surface area contributed by atoms with Crippen LogP contribution in [0.1, 0.15) is 18.4 Å². The highest BCUT2D eigenvalue weighted by Gasteiger charge is 2.45. The molecule has 1 fully saturated rings. The molecule has 0 radical (unpaired) electrons. The summed E-state index contributed by atoms with van der Waals surface area (Å²) in [4.78, 5) is 0. The van der Waals surface area contributed by atoms with Crippen molar-refractivity contribution in [2.75, 3.05) is 13.7 Å². The molecule has 0 bridgehead atoms. The molecule has 3 rings (SSSR count). The third kappa shape index (κ3) is 1.46. The number of rotatable bonds is 3. The monoisotopic (exact) mass is 251 g/mol. The highest BCUT2D eigenvalue weighted by molar-refractivity contribution is 6.36. The van der Waals surface area contributed by atoms with E-state index in [2.05, 4.69) is 0 Å². The fraction of sp³-hybridized carbons (Fsp3) is 0.385. The van der Waals surface area contributed by atoms with Gasteiger partial charge in [0, 0.05) is 17.3 Å². The Balaban J connectivity index is 2.28. The van der Waals surface area contributed by atoms with Crippen molar-refractivity contribution in [3.8, 4) is 5.75 Å². The van der Waals surface area contributed by atoms with E-state index in [-0.39, 0.29) is 5.41 Å². The molecule has 1 aliphatic carbocycles. The van der Waals surface area contributed by atoms with Gasteiger partial charge in [-0.05, 0) is 30.5 Å². The molecule has 0 unspecified atom stereocenters. The number of nitrogens with two attached hydrogens (primary N) is 1. The summed E-state index contributed by atoms with van der Waals surface area (Å²) in [5, 5.41) is 1.65. The molecular weight excluding hydrogens is 238 g/mol. The summed E-state index contributed by atoms with van der Waals surface area (Å²) < 4.78 is 10.8. The van der Waals surface area contributed by atoms with Crippen LogP contribution in [0.4, 0.5) is 0 Å². The van der Waals surface area contributed by atoms with Crippen LogP contribution in [0, 0.1) is 0 Å². The molecule has 0 amide bonds. The first-order chi connectivity index (χ1) is 8.22. The van der Waals surface area contributed by atoms with Gasteiger partial charge in [0.15, 0.2) is 11.3 Å². The van der Waals surface area contributed by atoms with Crippen LogP contribution in [0.15, 0.2) is 22.8 Å². The first kappa shape index (κ1) is 10.9. The van der Waals surface area contributed by atoms with E-state index in [1.165, 1.54) is 0 Å². The van der Waals surface area contributed by atoms with Crippen LogP contribution >= 0.6 is 11.6 Å². The fourth-order valence-electron chi connectivity index (χ4n) is 2.35. The Morgan fingerprint density at radius 2 is 2.29 bits per heavy atom. The van der Waals surface area contributed by atoms with Gasteiger partial charge in [0.05, 0.1) is 18.4 Å². The Bertz CT molecular complexity index is 572. The third-order valence-electron chi connectivity index (χ3n) is 3.67. The molecule has 3 nitrogen and oxygen atoms in total. The molecule has 0 spiro atoms. The van der Waals surface area contributed by atoms with Gasteiger partial charge >= 0.3 is 0 Å². The Labute approximate surface area is 104 Å². The summed E-state index contributed by atoms with van der Waals surface area (Å²) in [5.74, 6) is 0.726. The van der Waals surface area contributed by atoms with Gasteiger partial charge in [-0.3, -0.25) is 0 Å². The lowest BCUT2D eigenvalue weighted by Crippen LogP contribution is -2.20. The van der Waals surface area contributed by atoms with Crippen LogP contribution < -0.4 is 10.5 Å². The SMILES string of the molecule is COc1cc(C2(CN)CC2)c(Cl)c2ccoc12. The predicted molar refractivity (Wildman–Crippen MR) is 67.7 cm³/mol. The van der Waals surface area contributed by atoms with Crippen LogP contribution in [0.3, 0.4) is 0 Å². The Morgan fingerprint density at radius 1 is 1.53 bits per heavy atom. The van der Waals surface area contributed by atoms with Crippen molar-refractivity contribution in [3.63, 3.8) is 0 Å². The summed E-state index contributed by atoms with van der Waals surface area (Å²) in [6, 6.07) is 3.84. The lowest BCUT2D eigenvalue weighted by molar-refractivity contribution is 0.409. The summed E-state index contributed by atoms with van der Waals surface area (Å²) in [5.41, 5.74) is 7.70. The highest BCUT2D eigenvalue weighted by Crippen LogP contribution is 2.52. The van der Waals surface area contributed by atoms with Crippen LogP contribution in [-0.4, -0.2) is 13.7 Å². The zero-order chi connectivity index (χ0) is 12.0. The second kappa shape index (κ2) is 3.65. The minimum atomic E-state index is 0.0514. The van der Waals surface area contributed by atoms with Gasteiger partial charge in [-0.2, -0.15) is 0 Å². The maximum atomic E-state index is 6.44. The van der Waals surface area contributed by atoms with E-state index in [1.807, 2.05) is 12.1 Å². The first-order valence-electron chi connectivity index (χ1n) is 5.66. The average molecular weight is 252 g/mol. The number of benzene rings is 1. The van der Waals surface area contributed by atoms with Gasteiger partial charge in [-0.1, -0.05) is 11.6 Å². The Hall–Kier alpha value is -1.19. The van der Waals surface area contributed by atoms with E-state index in [0.29, 0.717) is 12.1 Å². The number of hydrogen-bond acceptors (Lipinski definition) is 3. The van der Waals surface area contributed by atoms with Gasteiger partial charge in [-0.15, -0.1) is 0 Å². The Kier molecular flexibility index (Phi) is 2.35. The van der Waals surface area contributed by atoms with Crippen molar-refractivity contribution >= 4 is 22.6 Å². The normalized spacial score (nSPS) is 17.4. The number of ether oxygens (including phenoxy) is 1. The molecule has 1 aliphatic rings. The minimum Gasteiger partial charge on any atom is -0.493 e. The summed E-state index contributed by atoms with van der Waals surface area (Å²) in [6.45, 7) is 0.624. The van der Waals surface area contributed by atoms with Crippen LogP contribution in [0.2, 0.25) is 5.02 Å². The number of halogens is 1. The quantitative estimate of drug-likeness (QED) is 0.912. The molecule has 90 valence electrons. The molecule has 0 saturated heterocycles. The lowest BCUT2D eigenvalue weighted by Gasteiger charge is -2.16. The van der Waals surface area contributed by atoms with Crippen LogP contribution in [0.5, 0.6) is 5.75 Å². The second-order valence-corrected chi connectivity index (χ2v) is 4.97. The molecule has 1 heterocycles. The highest BCUT2D eigenvalue weighted by atomic mass is 35.5. The van der Waals surface area contributed by atoms with E-state index in [1.54, 1.807) is 13.4 Å². The van der Waals surface area contributed by atoms with E-state index < -0.39 is 0 Å². The van der Waals surface area contributed by atoms with Crippen molar-refractivity contribution in [2.45, 2.75) is 18.3 Å². The number of fused-ring (bicyclic) bond motifs is 1. The van der Waals surface area contributed by atoms with Crippen LogP contribution in [-0.2, 0) is 5.41 Å². The number of methoxy groups -OCH3 is 1. The lowest BCUT2D eigenvalue weighted by atomic mass is 9.94. The molecule has 4 heteroatoms. The smallest absolute Gasteiger partial charge is 0.177 e. The molecule has 0 atom stereocenters. The van der Waals surface area contributed by atoms with Crippen LogP contribution in [0.25, 0.3) is 11.0 Å². The van der Waals surface area contributed by atoms with Gasteiger partial charge < -0.3 is 14.9 Å². The maximum absolute atomic E-state index is 6.44. The largest absolute Gasteiger partial charge is 0.493 e. The van der Waals surface area contributed by atoms with Gasteiger partial charge in [0.1, 0.15) is 0 Å². The van der Waals surface area contributed by atoms with E-state index in [4.69, 9.17) is 26.5 Å². The maximum Gasteiger partial charge on any atom is 0.177 e. The predicted octanol–water partition coefficient (Wildman–Crippen LogP) is 3.09. The van der Waals surface area contributed by atoms with Crippen molar-refractivity contribution < 1.29 is 9.15 Å². The first-order valence-corrected chi connectivity index (χ1v) is 6.04. The van der Waals surface area contributed by atoms with Crippen molar-refractivity contribution in [1.82, 2.24) is 0 Å². The van der Waals surface area contributed by atoms with E-state index >= 15 is 0 Å². The zero-order valence-electron chi connectivity index (χ0n) is 9.63. The summed E-state index contributed by atoms with van der Waals surface area (Å²) >= 11 is 6.44. The number of furan rings is 1. The number of hydrogen-bond donors (Lipinski definition) is 1. The standard InChI is InChI=1S/C13H14ClNO2/c1-16-10-6-9(13(7-15)3-4-13)11(14)8-2-5-17-12(8)10/h2,5-6H,3-4,7,15H2,1H3. The minimum absolute atomic E-state index is 0.0514. The molecule has 1 aromatic carbocycles. The molecule has 2 aromatic rings. The van der Waals surface area contributed by atoms with E-state index in [0.717, 1.165) is 34.6 Å².